The second kappa shape index (κ2) is 7.86. The number of thiophene rings is 1. The van der Waals surface area contributed by atoms with Gasteiger partial charge in [-0.1, -0.05) is 17.8 Å². The van der Waals surface area contributed by atoms with E-state index in [0.29, 0.717) is 11.4 Å². The number of methoxy groups -OCH3 is 1. The first kappa shape index (κ1) is 19.6. The molecule has 1 amide bonds. The lowest BCUT2D eigenvalue weighted by atomic mass is 10.2. The maximum atomic E-state index is 12.8. The van der Waals surface area contributed by atoms with E-state index in [0.717, 1.165) is 26.6 Å². The Bertz CT molecular complexity index is 1010. The lowest BCUT2D eigenvalue weighted by Crippen LogP contribution is -2.23. The van der Waals surface area contributed by atoms with E-state index in [1.165, 1.54) is 22.2 Å². The normalized spacial score (nSPS) is 12.2. The molecular weight excluding hydrogens is 378 g/mol. The first-order valence-corrected chi connectivity index (χ1v) is 10.4. The van der Waals surface area contributed by atoms with Crippen LogP contribution in [0.2, 0.25) is 0 Å². The number of aryl methyl sites for hydroxylation is 4. The Labute approximate surface area is 167 Å². The number of aromatic nitrogens is 2. The summed E-state index contributed by atoms with van der Waals surface area (Å²) < 4.78 is 5.35. The molecule has 7 heteroatoms. The van der Waals surface area contributed by atoms with Crippen LogP contribution in [0.4, 0.5) is 5.69 Å². The summed E-state index contributed by atoms with van der Waals surface area (Å²) in [5, 5.41) is 4.58. The van der Waals surface area contributed by atoms with Crippen molar-refractivity contribution in [2.45, 2.75) is 44.9 Å². The molecule has 2 aromatic heterocycles. The third-order valence-electron chi connectivity index (χ3n) is 4.38. The summed E-state index contributed by atoms with van der Waals surface area (Å²) in [4.78, 5) is 24.1. The summed E-state index contributed by atoms with van der Waals surface area (Å²) in [6.45, 7) is 9.93. The van der Waals surface area contributed by atoms with Crippen molar-refractivity contribution in [3.8, 4) is 5.75 Å². The number of nitrogens with one attached hydrogen (secondary N) is 1. The topological polar surface area (TPSA) is 64.1 Å². The number of fused-ring (bicyclic) bond motifs is 1. The predicted molar refractivity (Wildman–Crippen MR) is 113 cm³/mol. The molecule has 0 saturated carbocycles. The van der Waals surface area contributed by atoms with Gasteiger partial charge in [0.1, 0.15) is 21.4 Å². The molecule has 0 spiro atoms. The Morgan fingerprint density at radius 3 is 2.67 bits per heavy atom. The lowest BCUT2D eigenvalue weighted by molar-refractivity contribution is -0.115. The van der Waals surface area contributed by atoms with E-state index in [9.17, 15) is 4.79 Å². The van der Waals surface area contributed by atoms with Crippen LogP contribution in [-0.2, 0) is 4.79 Å². The van der Waals surface area contributed by atoms with Crippen molar-refractivity contribution in [3.05, 3.63) is 40.0 Å². The number of amides is 1. The highest BCUT2D eigenvalue weighted by atomic mass is 32.2. The number of benzene rings is 1. The molecule has 0 bridgehead atoms. The maximum Gasteiger partial charge on any atom is 0.237 e. The minimum Gasteiger partial charge on any atom is -0.495 e. The Kier molecular flexibility index (Phi) is 5.72. The van der Waals surface area contributed by atoms with Crippen LogP contribution in [0.1, 0.15) is 28.8 Å². The highest BCUT2D eigenvalue weighted by molar-refractivity contribution is 8.00. The van der Waals surface area contributed by atoms with Crippen LogP contribution in [0, 0.1) is 27.7 Å². The first-order chi connectivity index (χ1) is 12.8. The minimum absolute atomic E-state index is 0.0853. The monoisotopic (exact) mass is 401 g/mol. The Hall–Kier alpha value is -2.12. The highest BCUT2D eigenvalue weighted by Crippen LogP contribution is 2.37. The molecule has 27 heavy (non-hydrogen) atoms. The first-order valence-electron chi connectivity index (χ1n) is 8.66. The molecule has 1 N–H and O–H groups in total. The number of thioether (sulfide) groups is 1. The summed E-state index contributed by atoms with van der Waals surface area (Å²) in [6, 6.07) is 5.72. The van der Waals surface area contributed by atoms with Crippen LogP contribution in [0.15, 0.2) is 23.2 Å². The molecule has 0 unspecified atom stereocenters. The molecular formula is C20H23N3O2S2. The number of carbonyl (C=O) groups is 1. The van der Waals surface area contributed by atoms with E-state index in [2.05, 4.69) is 29.1 Å². The second-order valence-corrected chi connectivity index (χ2v) is 9.03. The van der Waals surface area contributed by atoms with Gasteiger partial charge >= 0.3 is 0 Å². The van der Waals surface area contributed by atoms with Crippen molar-refractivity contribution in [1.29, 1.82) is 0 Å². The van der Waals surface area contributed by atoms with E-state index < -0.39 is 0 Å². The standard InChI is InChI=1S/C20H23N3O2S2/c1-10-7-8-16(25-6)15(9-10)23-18(24)13(4)27-20-17-11(2)12(3)26-19(17)21-14(5)22-20/h7-9,13H,1-6H3,(H,23,24)/t13-/m0/s1. The van der Waals surface area contributed by atoms with Gasteiger partial charge in [0.15, 0.2) is 0 Å². The molecule has 3 rings (SSSR count). The summed E-state index contributed by atoms with van der Waals surface area (Å²) >= 11 is 3.13. The van der Waals surface area contributed by atoms with Crippen molar-refractivity contribution < 1.29 is 9.53 Å². The van der Waals surface area contributed by atoms with Crippen molar-refractivity contribution in [1.82, 2.24) is 9.97 Å². The quantitative estimate of drug-likeness (QED) is 0.479. The molecule has 0 radical (unpaired) electrons. The number of rotatable bonds is 5. The summed E-state index contributed by atoms with van der Waals surface area (Å²) in [6.07, 6.45) is 0. The zero-order chi connectivity index (χ0) is 19.7. The lowest BCUT2D eigenvalue weighted by Gasteiger charge is -2.15. The third-order valence-corrected chi connectivity index (χ3v) is 6.57. The van der Waals surface area contributed by atoms with Crippen molar-refractivity contribution in [2.24, 2.45) is 0 Å². The second-order valence-electron chi connectivity index (χ2n) is 6.49. The zero-order valence-electron chi connectivity index (χ0n) is 16.3. The number of nitrogens with zero attached hydrogens (tertiary/aromatic N) is 2. The van der Waals surface area contributed by atoms with Gasteiger partial charge < -0.3 is 10.1 Å². The van der Waals surface area contributed by atoms with E-state index in [1.807, 2.05) is 39.0 Å². The largest absolute Gasteiger partial charge is 0.495 e. The van der Waals surface area contributed by atoms with E-state index >= 15 is 0 Å². The van der Waals surface area contributed by atoms with Gasteiger partial charge in [-0.2, -0.15) is 0 Å². The SMILES string of the molecule is COc1ccc(C)cc1NC(=O)[C@H](C)Sc1nc(C)nc2sc(C)c(C)c12. The van der Waals surface area contributed by atoms with Gasteiger partial charge in [0.05, 0.1) is 18.0 Å². The predicted octanol–water partition coefficient (Wildman–Crippen LogP) is 5.05. The maximum absolute atomic E-state index is 12.8. The summed E-state index contributed by atoms with van der Waals surface area (Å²) in [7, 11) is 1.60. The van der Waals surface area contributed by atoms with Gasteiger partial charge in [-0.3, -0.25) is 4.79 Å². The van der Waals surface area contributed by atoms with Crippen LogP contribution >= 0.6 is 23.1 Å². The molecule has 0 aliphatic heterocycles. The van der Waals surface area contributed by atoms with Gasteiger partial charge in [0, 0.05) is 10.3 Å². The van der Waals surface area contributed by atoms with Crippen molar-refractivity contribution >= 4 is 44.9 Å². The van der Waals surface area contributed by atoms with Gasteiger partial charge in [0.25, 0.3) is 0 Å². The van der Waals surface area contributed by atoms with Gasteiger partial charge in [-0.15, -0.1) is 11.3 Å². The van der Waals surface area contributed by atoms with Crippen LogP contribution in [0.25, 0.3) is 10.2 Å². The zero-order valence-corrected chi connectivity index (χ0v) is 18.0. The van der Waals surface area contributed by atoms with Crippen LogP contribution in [0.3, 0.4) is 0 Å². The van der Waals surface area contributed by atoms with Crippen molar-refractivity contribution in [3.63, 3.8) is 0 Å². The molecule has 1 atom stereocenters. The fourth-order valence-electron chi connectivity index (χ4n) is 2.77. The van der Waals surface area contributed by atoms with Gasteiger partial charge in [0.2, 0.25) is 5.91 Å². The van der Waals surface area contributed by atoms with E-state index in [4.69, 9.17) is 4.74 Å². The molecule has 0 saturated heterocycles. The molecule has 1 aromatic carbocycles. The van der Waals surface area contributed by atoms with Crippen LogP contribution in [0.5, 0.6) is 5.75 Å². The van der Waals surface area contributed by atoms with Gasteiger partial charge in [-0.25, -0.2) is 9.97 Å². The number of anilines is 1. The highest BCUT2D eigenvalue weighted by Gasteiger charge is 2.21. The van der Waals surface area contributed by atoms with Gasteiger partial charge in [-0.05, 0) is 57.9 Å². The Balaban J connectivity index is 1.85. The van der Waals surface area contributed by atoms with E-state index in [-0.39, 0.29) is 11.2 Å². The Morgan fingerprint density at radius 1 is 1.22 bits per heavy atom. The molecule has 2 heterocycles. The molecule has 0 aliphatic rings. The molecule has 142 valence electrons. The minimum atomic E-state index is -0.313. The number of carbonyl (C=O) groups excluding carboxylic acids is 1. The molecule has 5 nitrogen and oxygen atoms in total. The number of ether oxygens (including phenoxy) is 1. The average molecular weight is 402 g/mol. The molecule has 3 aromatic rings. The molecule has 0 fully saturated rings. The molecule has 0 aliphatic carbocycles. The summed E-state index contributed by atoms with van der Waals surface area (Å²) in [5.74, 6) is 1.29. The average Bonchev–Trinajstić information content (AvgIpc) is 2.89. The fraction of sp³-hybridized carbons (Fsp3) is 0.350. The Morgan fingerprint density at radius 2 is 1.96 bits per heavy atom. The fourth-order valence-corrected chi connectivity index (χ4v) is 4.97. The smallest absolute Gasteiger partial charge is 0.237 e. The van der Waals surface area contributed by atoms with Crippen molar-refractivity contribution in [2.75, 3.05) is 12.4 Å². The van der Waals surface area contributed by atoms with Crippen LogP contribution in [-0.4, -0.2) is 28.2 Å². The van der Waals surface area contributed by atoms with Crippen LogP contribution < -0.4 is 10.1 Å². The number of hydrogen-bond donors (Lipinski definition) is 1. The third kappa shape index (κ3) is 4.09. The summed E-state index contributed by atoms with van der Waals surface area (Å²) in [5.41, 5.74) is 2.93. The number of hydrogen-bond acceptors (Lipinski definition) is 6. The van der Waals surface area contributed by atoms with E-state index in [1.54, 1.807) is 18.4 Å².